The van der Waals surface area contributed by atoms with Gasteiger partial charge in [-0.05, 0) is 35.4 Å². The summed E-state index contributed by atoms with van der Waals surface area (Å²) in [4.78, 5) is 0. The third-order valence-electron chi connectivity index (χ3n) is 3.55. The summed E-state index contributed by atoms with van der Waals surface area (Å²) in [5.41, 5.74) is 4.26. The molecule has 0 aliphatic carbocycles. The van der Waals surface area contributed by atoms with E-state index in [1.807, 2.05) is 30.3 Å². The van der Waals surface area contributed by atoms with Crippen molar-refractivity contribution in [2.45, 2.75) is 0 Å². The molecule has 0 fully saturated rings. The van der Waals surface area contributed by atoms with Gasteiger partial charge in [0.05, 0.1) is 0 Å². The van der Waals surface area contributed by atoms with E-state index in [4.69, 9.17) is 4.42 Å². The zero-order valence-corrected chi connectivity index (χ0v) is 12.2. The fourth-order valence-corrected chi connectivity index (χ4v) is 3.16. The summed E-state index contributed by atoms with van der Waals surface area (Å²) in [6.45, 7) is 0. The Morgan fingerprint density at radius 1 is 0.700 bits per heavy atom. The van der Waals surface area contributed by atoms with Gasteiger partial charge in [-0.15, -0.1) is 0 Å². The average Bonchev–Trinajstić information content (AvgIpc) is 2.87. The van der Waals surface area contributed by atoms with Crippen LogP contribution in [0.3, 0.4) is 0 Å². The lowest BCUT2D eigenvalue weighted by atomic mass is 10.0. The van der Waals surface area contributed by atoms with Crippen molar-refractivity contribution in [2.75, 3.05) is 0 Å². The lowest BCUT2D eigenvalue weighted by Gasteiger charge is -2.01. The molecule has 0 radical (unpaired) electrons. The molecule has 1 nitrogen and oxygen atoms in total. The van der Waals surface area contributed by atoms with E-state index in [0.717, 1.165) is 26.4 Å². The van der Waals surface area contributed by atoms with Gasteiger partial charge in [0.15, 0.2) is 0 Å². The maximum atomic E-state index is 5.89. The van der Waals surface area contributed by atoms with E-state index in [9.17, 15) is 0 Å². The number of benzene rings is 3. The van der Waals surface area contributed by atoms with Crippen molar-refractivity contribution in [3.8, 4) is 11.1 Å². The molecular weight excluding hydrogens is 312 g/mol. The molecule has 0 saturated carbocycles. The minimum absolute atomic E-state index is 0.916. The molecule has 0 aliphatic heterocycles. The first-order valence-electron chi connectivity index (χ1n) is 6.49. The van der Waals surface area contributed by atoms with E-state index < -0.39 is 0 Å². The first-order chi connectivity index (χ1) is 9.83. The zero-order valence-electron chi connectivity index (χ0n) is 10.6. The Balaban J connectivity index is 2.06. The summed E-state index contributed by atoms with van der Waals surface area (Å²) in [7, 11) is 0. The van der Waals surface area contributed by atoms with Gasteiger partial charge in [0, 0.05) is 15.2 Å². The molecular formula is C18H11BrO. The van der Waals surface area contributed by atoms with Gasteiger partial charge in [0.1, 0.15) is 11.2 Å². The molecule has 0 unspecified atom stereocenters. The van der Waals surface area contributed by atoms with Crippen molar-refractivity contribution in [1.29, 1.82) is 0 Å². The van der Waals surface area contributed by atoms with Crippen LogP contribution in [0.4, 0.5) is 0 Å². The van der Waals surface area contributed by atoms with Crippen molar-refractivity contribution >= 4 is 37.9 Å². The minimum Gasteiger partial charge on any atom is -0.456 e. The highest BCUT2D eigenvalue weighted by atomic mass is 79.9. The number of hydrogen-bond acceptors (Lipinski definition) is 1. The minimum atomic E-state index is 0.916. The molecule has 1 aromatic heterocycles. The van der Waals surface area contributed by atoms with E-state index in [1.54, 1.807) is 0 Å². The predicted octanol–water partition coefficient (Wildman–Crippen LogP) is 6.02. The highest BCUT2D eigenvalue weighted by molar-refractivity contribution is 9.10. The first-order valence-corrected chi connectivity index (χ1v) is 7.28. The summed E-state index contributed by atoms with van der Waals surface area (Å²) in [6, 6.07) is 22.8. The molecule has 4 rings (SSSR count). The molecule has 0 N–H and O–H groups in total. The van der Waals surface area contributed by atoms with Gasteiger partial charge in [-0.2, -0.15) is 0 Å². The summed E-state index contributed by atoms with van der Waals surface area (Å²) in [6.07, 6.45) is 0. The lowest BCUT2D eigenvalue weighted by Crippen LogP contribution is -1.76. The van der Waals surface area contributed by atoms with Crippen LogP contribution in [0.5, 0.6) is 0 Å². The van der Waals surface area contributed by atoms with Gasteiger partial charge in [0.2, 0.25) is 0 Å². The molecule has 0 bridgehead atoms. The van der Waals surface area contributed by atoms with E-state index >= 15 is 0 Å². The molecule has 3 aromatic carbocycles. The Morgan fingerprint density at radius 2 is 1.55 bits per heavy atom. The predicted molar refractivity (Wildman–Crippen MR) is 86.9 cm³/mol. The lowest BCUT2D eigenvalue weighted by molar-refractivity contribution is 0.669. The Morgan fingerprint density at radius 3 is 2.40 bits per heavy atom. The summed E-state index contributed by atoms with van der Waals surface area (Å²) in [5.74, 6) is 0. The average molecular weight is 323 g/mol. The second-order valence-corrected chi connectivity index (χ2v) is 5.65. The number of halogens is 1. The number of rotatable bonds is 1. The van der Waals surface area contributed by atoms with Crippen LogP contribution < -0.4 is 0 Å². The fourth-order valence-electron chi connectivity index (χ4n) is 2.59. The van der Waals surface area contributed by atoms with Gasteiger partial charge in [-0.1, -0.05) is 58.4 Å². The van der Waals surface area contributed by atoms with Crippen LogP contribution in [0.15, 0.2) is 75.6 Å². The quantitative estimate of drug-likeness (QED) is 0.418. The van der Waals surface area contributed by atoms with Gasteiger partial charge in [0.25, 0.3) is 0 Å². The topological polar surface area (TPSA) is 13.1 Å². The van der Waals surface area contributed by atoms with E-state index in [1.165, 1.54) is 11.1 Å². The first kappa shape index (κ1) is 11.7. The van der Waals surface area contributed by atoms with Gasteiger partial charge < -0.3 is 4.42 Å². The van der Waals surface area contributed by atoms with Gasteiger partial charge in [-0.3, -0.25) is 0 Å². The van der Waals surface area contributed by atoms with E-state index in [0.29, 0.717) is 0 Å². The van der Waals surface area contributed by atoms with Crippen molar-refractivity contribution in [2.24, 2.45) is 0 Å². The third-order valence-corrected chi connectivity index (χ3v) is 4.21. The normalized spacial score (nSPS) is 11.2. The molecule has 96 valence electrons. The molecule has 20 heavy (non-hydrogen) atoms. The standard InChI is InChI=1S/C18H11BrO/c19-15-7-4-8-17-18(15)14-11-13(9-10-16(14)20-17)12-5-2-1-3-6-12/h1-11H. The molecule has 0 amide bonds. The van der Waals surface area contributed by atoms with E-state index in [-0.39, 0.29) is 0 Å². The number of fused-ring (bicyclic) bond motifs is 3. The maximum Gasteiger partial charge on any atom is 0.136 e. The second kappa shape index (κ2) is 4.50. The Hall–Kier alpha value is -2.06. The second-order valence-electron chi connectivity index (χ2n) is 4.79. The number of hydrogen-bond donors (Lipinski definition) is 0. The van der Waals surface area contributed by atoms with Crippen molar-refractivity contribution in [1.82, 2.24) is 0 Å². The van der Waals surface area contributed by atoms with Crippen LogP contribution in [-0.2, 0) is 0 Å². The van der Waals surface area contributed by atoms with Crippen molar-refractivity contribution in [3.63, 3.8) is 0 Å². The molecule has 0 spiro atoms. The van der Waals surface area contributed by atoms with Crippen LogP contribution in [-0.4, -0.2) is 0 Å². The van der Waals surface area contributed by atoms with Crippen LogP contribution in [0.1, 0.15) is 0 Å². The Labute approximate surface area is 125 Å². The molecule has 1 heterocycles. The summed E-state index contributed by atoms with van der Waals surface area (Å²) in [5, 5.41) is 2.29. The maximum absolute atomic E-state index is 5.89. The molecule has 4 aromatic rings. The smallest absolute Gasteiger partial charge is 0.136 e. The molecule has 0 aliphatic rings. The van der Waals surface area contributed by atoms with Gasteiger partial charge >= 0.3 is 0 Å². The van der Waals surface area contributed by atoms with Crippen LogP contribution in [0.2, 0.25) is 0 Å². The fraction of sp³-hybridized carbons (Fsp3) is 0. The third kappa shape index (κ3) is 1.76. The molecule has 0 saturated heterocycles. The highest BCUT2D eigenvalue weighted by Crippen LogP contribution is 2.36. The van der Waals surface area contributed by atoms with E-state index in [2.05, 4.69) is 52.3 Å². The van der Waals surface area contributed by atoms with Crippen molar-refractivity contribution in [3.05, 3.63) is 71.2 Å². The monoisotopic (exact) mass is 322 g/mol. The summed E-state index contributed by atoms with van der Waals surface area (Å²) >= 11 is 3.62. The van der Waals surface area contributed by atoms with Crippen LogP contribution in [0.25, 0.3) is 33.1 Å². The van der Waals surface area contributed by atoms with Crippen molar-refractivity contribution < 1.29 is 4.42 Å². The van der Waals surface area contributed by atoms with Crippen LogP contribution in [0, 0.1) is 0 Å². The molecule has 2 heteroatoms. The Bertz CT molecular complexity index is 907. The molecule has 0 atom stereocenters. The van der Waals surface area contributed by atoms with Gasteiger partial charge in [-0.25, -0.2) is 0 Å². The zero-order chi connectivity index (χ0) is 13.5. The summed E-state index contributed by atoms with van der Waals surface area (Å²) < 4.78 is 6.96. The largest absolute Gasteiger partial charge is 0.456 e. The highest BCUT2D eigenvalue weighted by Gasteiger charge is 2.10. The Kier molecular flexibility index (Phi) is 2.64. The number of furan rings is 1. The SMILES string of the molecule is Brc1cccc2oc3ccc(-c4ccccc4)cc3c12. The van der Waals surface area contributed by atoms with Crippen LogP contribution >= 0.6 is 15.9 Å².